The van der Waals surface area contributed by atoms with Gasteiger partial charge in [-0.05, 0) is 25.1 Å². The van der Waals surface area contributed by atoms with E-state index in [9.17, 15) is 0 Å². The van der Waals surface area contributed by atoms with Gasteiger partial charge in [-0.3, -0.25) is 0 Å². The topological polar surface area (TPSA) is 53.7 Å². The van der Waals surface area contributed by atoms with Crippen LogP contribution in [0, 0.1) is 0 Å². The van der Waals surface area contributed by atoms with Gasteiger partial charge in [0.2, 0.25) is 5.89 Å². The Morgan fingerprint density at radius 1 is 1.21 bits per heavy atom. The number of aromatic nitrogens is 1. The highest BCUT2D eigenvalue weighted by Crippen LogP contribution is 2.34. The molecule has 100 valence electrons. The normalized spacial score (nSPS) is 13.9. The van der Waals surface area contributed by atoms with Crippen LogP contribution in [0.3, 0.4) is 0 Å². The largest absolute Gasteiger partial charge is 0.490 e. The summed E-state index contributed by atoms with van der Waals surface area (Å²) in [7, 11) is 0. The predicted octanol–water partition coefficient (Wildman–Crippen LogP) is 2.90. The Morgan fingerprint density at radius 3 is 2.89 bits per heavy atom. The van der Waals surface area contributed by atoms with Gasteiger partial charge in [-0.25, -0.2) is 4.98 Å². The first-order valence-corrected chi connectivity index (χ1v) is 6.35. The third-order valence-corrected chi connectivity index (χ3v) is 2.77. The maximum atomic E-state index is 5.64. The molecule has 5 nitrogen and oxygen atoms in total. The van der Waals surface area contributed by atoms with Crippen molar-refractivity contribution >= 4 is 0 Å². The molecule has 0 saturated carbocycles. The minimum atomic E-state index is 0.421. The third kappa shape index (κ3) is 2.50. The number of benzene rings is 1. The van der Waals surface area contributed by atoms with Crippen LogP contribution < -0.4 is 14.2 Å². The molecule has 2 heterocycles. The molecule has 0 radical (unpaired) electrons. The van der Waals surface area contributed by atoms with Gasteiger partial charge in [0.05, 0.1) is 19.8 Å². The molecule has 0 atom stereocenters. The highest BCUT2D eigenvalue weighted by Gasteiger charge is 2.14. The maximum absolute atomic E-state index is 5.64. The van der Waals surface area contributed by atoms with Crippen molar-refractivity contribution in [2.24, 2.45) is 0 Å². The van der Waals surface area contributed by atoms with Crippen molar-refractivity contribution in [3.8, 4) is 28.9 Å². The molecule has 0 bridgehead atoms. The zero-order chi connectivity index (χ0) is 13.1. The van der Waals surface area contributed by atoms with Crippen LogP contribution in [0.4, 0.5) is 0 Å². The maximum Gasteiger partial charge on any atom is 0.305 e. The summed E-state index contributed by atoms with van der Waals surface area (Å²) in [5.74, 6) is 2.42. The van der Waals surface area contributed by atoms with Crippen molar-refractivity contribution in [2.45, 2.75) is 13.3 Å². The van der Waals surface area contributed by atoms with Crippen LogP contribution in [-0.2, 0) is 0 Å². The fourth-order valence-electron chi connectivity index (χ4n) is 1.90. The Kier molecular flexibility index (Phi) is 3.27. The van der Waals surface area contributed by atoms with E-state index < -0.39 is 0 Å². The molecule has 0 saturated heterocycles. The number of nitrogens with zero attached hydrogens (tertiary/aromatic N) is 1. The Morgan fingerprint density at radius 2 is 2.05 bits per heavy atom. The minimum absolute atomic E-state index is 0.421. The van der Waals surface area contributed by atoms with E-state index in [-0.39, 0.29) is 0 Å². The van der Waals surface area contributed by atoms with Crippen molar-refractivity contribution in [1.29, 1.82) is 0 Å². The van der Waals surface area contributed by atoms with Gasteiger partial charge in [-0.1, -0.05) is 0 Å². The van der Waals surface area contributed by atoms with Crippen LogP contribution >= 0.6 is 0 Å². The average molecular weight is 261 g/mol. The SMILES string of the molecule is CCOc1cnc(-c2ccc3c(c2)OCCCO3)o1. The molecule has 2 aromatic rings. The first-order chi connectivity index (χ1) is 9.36. The lowest BCUT2D eigenvalue weighted by Gasteiger charge is -2.07. The van der Waals surface area contributed by atoms with Crippen LogP contribution in [-0.4, -0.2) is 24.8 Å². The minimum Gasteiger partial charge on any atom is -0.490 e. The molecule has 0 N–H and O–H groups in total. The van der Waals surface area contributed by atoms with E-state index >= 15 is 0 Å². The number of ether oxygens (including phenoxy) is 3. The Labute approximate surface area is 111 Å². The van der Waals surface area contributed by atoms with Gasteiger partial charge in [0.25, 0.3) is 0 Å². The molecule has 0 spiro atoms. The number of hydrogen-bond acceptors (Lipinski definition) is 5. The standard InChI is InChI=1S/C14H15NO4/c1-2-16-13-9-15-14(19-13)10-4-5-11-12(8-10)18-7-3-6-17-11/h4-5,8-9H,2-3,6-7H2,1H3. The summed E-state index contributed by atoms with van der Waals surface area (Å²) in [4.78, 5) is 4.19. The second-order valence-corrected chi connectivity index (χ2v) is 4.13. The second-order valence-electron chi connectivity index (χ2n) is 4.13. The van der Waals surface area contributed by atoms with Crippen molar-refractivity contribution in [3.05, 3.63) is 24.4 Å². The molecule has 1 aliphatic rings. The summed E-state index contributed by atoms with van der Waals surface area (Å²) in [6.45, 7) is 3.79. The fourth-order valence-corrected chi connectivity index (χ4v) is 1.90. The third-order valence-electron chi connectivity index (χ3n) is 2.77. The highest BCUT2D eigenvalue weighted by atomic mass is 16.6. The smallest absolute Gasteiger partial charge is 0.305 e. The summed E-state index contributed by atoms with van der Waals surface area (Å²) >= 11 is 0. The molecule has 5 heteroatoms. The van der Waals surface area contributed by atoms with Crippen LogP contribution in [0.1, 0.15) is 13.3 Å². The second kappa shape index (κ2) is 5.22. The summed E-state index contributed by atoms with van der Waals surface area (Å²) in [5.41, 5.74) is 0.843. The van der Waals surface area contributed by atoms with Gasteiger partial charge in [0.1, 0.15) is 6.20 Å². The molecule has 0 amide bonds. The van der Waals surface area contributed by atoms with Crippen LogP contribution in [0.25, 0.3) is 11.5 Å². The molecule has 1 aromatic carbocycles. The monoisotopic (exact) mass is 261 g/mol. The lowest BCUT2D eigenvalue weighted by molar-refractivity contribution is 0.260. The molecule has 19 heavy (non-hydrogen) atoms. The number of rotatable bonds is 3. The van der Waals surface area contributed by atoms with Crippen LogP contribution in [0.5, 0.6) is 17.4 Å². The van der Waals surface area contributed by atoms with Crippen molar-refractivity contribution < 1.29 is 18.6 Å². The van der Waals surface area contributed by atoms with E-state index in [0.717, 1.165) is 23.5 Å². The summed E-state index contributed by atoms with van der Waals surface area (Å²) in [5, 5.41) is 0. The predicted molar refractivity (Wildman–Crippen MR) is 68.7 cm³/mol. The Balaban J connectivity index is 1.89. The molecule has 0 unspecified atom stereocenters. The molecule has 3 rings (SSSR count). The molecule has 1 aromatic heterocycles. The van der Waals surface area contributed by atoms with E-state index in [2.05, 4.69) is 4.98 Å². The first kappa shape index (κ1) is 11.9. The lowest BCUT2D eigenvalue weighted by atomic mass is 10.2. The summed E-state index contributed by atoms with van der Waals surface area (Å²) in [6, 6.07) is 5.65. The summed E-state index contributed by atoms with van der Waals surface area (Å²) in [6.07, 6.45) is 2.46. The van der Waals surface area contributed by atoms with Gasteiger partial charge >= 0.3 is 5.95 Å². The Hall–Kier alpha value is -2.17. The molecule has 1 aliphatic heterocycles. The van der Waals surface area contributed by atoms with Crippen molar-refractivity contribution in [3.63, 3.8) is 0 Å². The van der Waals surface area contributed by atoms with E-state index in [4.69, 9.17) is 18.6 Å². The number of hydrogen-bond donors (Lipinski definition) is 0. The van der Waals surface area contributed by atoms with E-state index in [1.54, 1.807) is 6.20 Å². The van der Waals surface area contributed by atoms with Gasteiger partial charge in [0.15, 0.2) is 11.5 Å². The van der Waals surface area contributed by atoms with Gasteiger partial charge in [-0.15, -0.1) is 0 Å². The van der Waals surface area contributed by atoms with Crippen LogP contribution in [0.2, 0.25) is 0 Å². The van der Waals surface area contributed by atoms with Crippen molar-refractivity contribution in [2.75, 3.05) is 19.8 Å². The van der Waals surface area contributed by atoms with Gasteiger partial charge in [0, 0.05) is 12.0 Å². The zero-order valence-electron chi connectivity index (χ0n) is 10.7. The number of fused-ring (bicyclic) bond motifs is 1. The van der Waals surface area contributed by atoms with E-state index in [0.29, 0.717) is 31.7 Å². The molecule has 0 fully saturated rings. The number of oxazole rings is 1. The van der Waals surface area contributed by atoms with Gasteiger partial charge in [-0.2, -0.15) is 0 Å². The zero-order valence-corrected chi connectivity index (χ0v) is 10.7. The quantitative estimate of drug-likeness (QED) is 0.850. The molecule has 0 aliphatic carbocycles. The van der Waals surface area contributed by atoms with Crippen LogP contribution in [0.15, 0.2) is 28.8 Å². The first-order valence-electron chi connectivity index (χ1n) is 6.35. The Bertz CT molecular complexity index is 564. The summed E-state index contributed by atoms with van der Waals surface area (Å²) < 4.78 is 22.0. The highest BCUT2D eigenvalue weighted by molar-refractivity contribution is 5.60. The van der Waals surface area contributed by atoms with Gasteiger partial charge < -0.3 is 18.6 Å². The molecular formula is C14H15NO4. The van der Waals surface area contributed by atoms with E-state index in [1.165, 1.54) is 0 Å². The average Bonchev–Trinajstić information content (AvgIpc) is 2.76. The van der Waals surface area contributed by atoms with Crippen molar-refractivity contribution in [1.82, 2.24) is 4.98 Å². The van der Waals surface area contributed by atoms with E-state index in [1.807, 2.05) is 25.1 Å². The molecular weight excluding hydrogens is 246 g/mol. The fraction of sp³-hybridized carbons (Fsp3) is 0.357. The lowest BCUT2D eigenvalue weighted by Crippen LogP contribution is -1.97.